The predicted molar refractivity (Wildman–Crippen MR) is 31.6 cm³/mol. The first kappa shape index (κ1) is 9.83. The maximum atomic E-state index is 8.56. The Bertz CT molecular complexity index is 41.0. The van der Waals surface area contributed by atoms with E-state index in [1.165, 1.54) is 0 Å². The molecule has 0 bridgehead atoms. The Kier molecular flexibility index (Phi) is 12.9. The molecule has 4 nitrogen and oxygen atoms in total. The molecule has 0 heterocycles. The Balaban J connectivity index is 0. The van der Waals surface area contributed by atoms with Crippen molar-refractivity contribution in [1.29, 1.82) is 0 Å². The Hall–Kier alpha value is -0.336. The minimum Gasteiger partial charge on any atom is -0.471 e. The Labute approximate surface area is 47.2 Å². The molecule has 0 aliphatic rings. The minimum atomic E-state index is -1.83. The van der Waals surface area contributed by atoms with E-state index in [1.54, 1.807) is 0 Å². The summed E-state index contributed by atoms with van der Waals surface area (Å²) in [5.74, 6) is 0. The highest BCUT2D eigenvalue weighted by atomic mass is 28.3. The molecule has 44 valence electrons. The second kappa shape index (κ2) is 9.18. The van der Waals surface area contributed by atoms with E-state index >= 15 is 0 Å². The summed E-state index contributed by atoms with van der Waals surface area (Å²) in [4.78, 5) is 8.56. The van der Waals surface area contributed by atoms with Gasteiger partial charge in [-0.3, -0.25) is 0 Å². The molecule has 0 fully saturated rings. The fourth-order valence-electron chi connectivity index (χ4n) is 0. The monoisotopic (exact) mass is 140 g/mol. The van der Waals surface area contributed by atoms with Gasteiger partial charge in [-0.05, 0) is 0 Å². The summed E-state index contributed by atoms with van der Waals surface area (Å²) in [6.45, 7) is 0. The van der Waals surface area contributed by atoms with Crippen molar-refractivity contribution in [2.75, 3.05) is 0 Å². The van der Waals surface area contributed by atoms with Crippen LogP contribution in [0.3, 0.4) is 0 Å². The zero-order valence-corrected chi connectivity index (χ0v) is 8.21. The summed E-state index contributed by atoms with van der Waals surface area (Å²) in [6, 6.07) is 0. The van der Waals surface area contributed by atoms with E-state index in [-0.39, 0.29) is 0 Å². The van der Waals surface area contributed by atoms with Crippen LogP contribution >= 0.6 is 0 Å². The number of carboxylic acid groups (broad SMARTS) is 2. The van der Waals surface area contributed by atoms with Crippen molar-refractivity contribution in [3.05, 3.63) is 0 Å². The third kappa shape index (κ3) is 672. The lowest BCUT2D eigenvalue weighted by Crippen LogP contribution is -1.81. The molecule has 0 aromatic carbocycles. The van der Waals surface area contributed by atoms with Crippen molar-refractivity contribution in [2.45, 2.75) is 0 Å². The van der Waals surface area contributed by atoms with Gasteiger partial charge in [-0.25, -0.2) is 4.79 Å². The fourth-order valence-corrected chi connectivity index (χ4v) is 0. The molecule has 2 N–H and O–H groups in total. The second-order valence-electron chi connectivity index (χ2n) is 0.691. The minimum absolute atomic E-state index is 0.931. The van der Waals surface area contributed by atoms with Crippen LogP contribution < -0.4 is 0 Å². The summed E-state index contributed by atoms with van der Waals surface area (Å²) in [5, 5.41) is 13.9. The van der Waals surface area contributed by atoms with Crippen molar-refractivity contribution in [3.8, 4) is 0 Å². The normalized spacial score (nSPS) is 6.86. The number of rotatable bonds is 0. The van der Waals surface area contributed by atoms with E-state index in [0.717, 1.165) is 21.0 Å². The molecule has 0 aromatic rings. The standard InChI is InChI=1S/CH2O3.H6OSi2/c2-1(3)4;2-1-3/h(H2,2,3,4);2-3H3. The highest BCUT2D eigenvalue weighted by Gasteiger charge is 1.70. The molecule has 0 rings (SSSR count). The molecule has 6 heteroatoms. The van der Waals surface area contributed by atoms with Crippen LogP contribution in [0.4, 0.5) is 4.79 Å². The van der Waals surface area contributed by atoms with Crippen LogP contribution in [-0.4, -0.2) is 37.3 Å². The van der Waals surface area contributed by atoms with Gasteiger partial charge in [0.15, 0.2) is 0 Å². The van der Waals surface area contributed by atoms with Crippen LogP contribution in [0.25, 0.3) is 0 Å². The molecule has 7 heavy (non-hydrogen) atoms. The molecular formula is CH8O4Si2. The first-order valence-corrected chi connectivity index (χ1v) is 3.10. The molecule has 0 radical (unpaired) electrons. The predicted octanol–water partition coefficient (Wildman–Crippen LogP) is -2.21. The molecule has 0 aromatic heterocycles. The van der Waals surface area contributed by atoms with Gasteiger partial charge in [-0.15, -0.1) is 0 Å². The van der Waals surface area contributed by atoms with E-state index in [4.69, 9.17) is 15.0 Å². The summed E-state index contributed by atoms with van der Waals surface area (Å²) in [6.07, 6.45) is -1.83. The smallest absolute Gasteiger partial charge is 0.471 e. The average molecular weight is 140 g/mol. The van der Waals surface area contributed by atoms with Crippen molar-refractivity contribution in [1.82, 2.24) is 0 Å². The van der Waals surface area contributed by atoms with Gasteiger partial charge in [0.1, 0.15) is 21.0 Å². The Morgan fingerprint density at radius 3 is 1.43 bits per heavy atom. The highest BCUT2D eigenvalue weighted by molar-refractivity contribution is 6.15. The summed E-state index contributed by atoms with van der Waals surface area (Å²) in [7, 11) is 1.86. The van der Waals surface area contributed by atoms with E-state index in [0.29, 0.717) is 0 Å². The van der Waals surface area contributed by atoms with Gasteiger partial charge in [-0.2, -0.15) is 0 Å². The topological polar surface area (TPSA) is 66.8 Å². The van der Waals surface area contributed by atoms with E-state index in [2.05, 4.69) is 4.12 Å². The lowest BCUT2D eigenvalue weighted by molar-refractivity contribution is 0.137. The first-order valence-electron chi connectivity index (χ1n) is 1.47. The van der Waals surface area contributed by atoms with Crippen LogP contribution in [0, 0.1) is 0 Å². The van der Waals surface area contributed by atoms with E-state index in [1.807, 2.05) is 0 Å². The lowest BCUT2D eigenvalue weighted by atomic mass is 11.5. The molecule has 0 aliphatic heterocycles. The summed E-state index contributed by atoms with van der Waals surface area (Å²) in [5.41, 5.74) is 0. The molecule has 0 atom stereocenters. The third-order valence-electron chi connectivity index (χ3n) is 0. The van der Waals surface area contributed by atoms with Crippen molar-refractivity contribution < 1.29 is 19.1 Å². The van der Waals surface area contributed by atoms with Gasteiger partial charge in [0.05, 0.1) is 0 Å². The Morgan fingerprint density at radius 2 is 1.43 bits per heavy atom. The van der Waals surface area contributed by atoms with Crippen LogP contribution in [0.15, 0.2) is 0 Å². The summed E-state index contributed by atoms with van der Waals surface area (Å²) < 4.78 is 4.53. The van der Waals surface area contributed by atoms with Crippen molar-refractivity contribution in [2.24, 2.45) is 0 Å². The highest BCUT2D eigenvalue weighted by Crippen LogP contribution is 1.42. The largest absolute Gasteiger partial charge is 0.503 e. The number of hydrogen-bond donors (Lipinski definition) is 2. The van der Waals surface area contributed by atoms with Crippen molar-refractivity contribution >= 4 is 27.1 Å². The zero-order valence-electron chi connectivity index (χ0n) is 4.21. The lowest BCUT2D eigenvalue weighted by Gasteiger charge is -1.62. The second-order valence-corrected chi connectivity index (χ2v) is 3.96. The zero-order chi connectivity index (χ0) is 6.28. The van der Waals surface area contributed by atoms with Crippen LogP contribution in [-0.2, 0) is 4.12 Å². The summed E-state index contributed by atoms with van der Waals surface area (Å²) >= 11 is 0. The quantitative estimate of drug-likeness (QED) is 0.374. The molecular weight excluding hydrogens is 132 g/mol. The van der Waals surface area contributed by atoms with Gasteiger partial charge >= 0.3 is 6.16 Å². The fraction of sp³-hybridized carbons (Fsp3) is 0. The van der Waals surface area contributed by atoms with Gasteiger partial charge < -0.3 is 14.3 Å². The SMILES string of the molecule is O=C(O)O.[SiH3]O[SiH3]. The van der Waals surface area contributed by atoms with Gasteiger partial charge in [0.2, 0.25) is 0 Å². The van der Waals surface area contributed by atoms with Crippen LogP contribution in [0.1, 0.15) is 0 Å². The molecule has 0 saturated heterocycles. The van der Waals surface area contributed by atoms with Crippen LogP contribution in [0.5, 0.6) is 0 Å². The molecule has 0 aliphatic carbocycles. The maximum absolute atomic E-state index is 8.56. The van der Waals surface area contributed by atoms with Gasteiger partial charge in [-0.1, -0.05) is 0 Å². The van der Waals surface area contributed by atoms with Gasteiger partial charge in [0, 0.05) is 0 Å². The molecule has 0 saturated carbocycles. The van der Waals surface area contributed by atoms with Crippen LogP contribution in [0.2, 0.25) is 0 Å². The van der Waals surface area contributed by atoms with Crippen molar-refractivity contribution in [3.63, 3.8) is 0 Å². The first-order chi connectivity index (χ1) is 3.15. The number of hydrogen-bond acceptors (Lipinski definition) is 2. The van der Waals surface area contributed by atoms with E-state index < -0.39 is 6.16 Å². The van der Waals surface area contributed by atoms with E-state index in [9.17, 15) is 0 Å². The number of carbonyl (C=O) groups is 1. The molecule has 0 amide bonds. The molecule has 0 unspecified atom stereocenters. The molecule has 0 spiro atoms. The van der Waals surface area contributed by atoms with Gasteiger partial charge in [0.25, 0.3) is 0 Å². The third-order valence-corrected chi connectivity index (χ3v) is 0. The average Bonchev–Trinajstić information content (AvgIpc) is 1.33. The Morgan fingerprint density at radius 1 is 1.43 bits per heavy atom. The maximum Gasteiger partial charge on any atom is 0.503 e.